The number of hydrogen-bond acceptors (Lipinski definition) is 3. The van der Waals surface area contributed by atoms with Crippen LogP contribution in [0.25, 0.3) is 0 Å². The Bertz CT molecular complexity index is 884. The van der Waals surface area contributed by atoms with E-state index < -0.39 is 27.8 Å². The summed E-state index contributed by atoms with van der Waals surface area (Å²) >= 11 is 0. The minimum Gasteiger partial charge on any atom is -0.325 e. The average molecular weight is 362 g/mol. The molecule has 5 nitrogen and oxygen atoms in total. The van der Waals surface area contributed by atoms with Gasteiger partial charge in [-0.1, -0.05) is 24.3 Å². The molecule has 0 spiro atoms. The zero-order valence-electron chi connectivity index (χ0n) is 13.8. The highest BCUT2D eigenvalue weighted by molar-refractivity contribution is 7.89. The van der Waals surface area contributed by atoms with E-state index in [1.807, 2.05) is 0 Å². The highest BCUT2D eigenvalue weighted by Crippen LogP contribution is 2.27. The highest BCUT2D eigenvalue weighted by Gasteiger charge is 2.39. The van der Waals surface area contributed by atoms with E-state index in [1.54, 1.807) is 37.3 Å². The van der Waals surface area contributed by atoms with Crippen molar-refractivity contribution in [3.05, 3.63) is 59.9 Å². The Balaban J connectivity index is 1.81. The van der Waals surface area contributed by atoms with Gasteiger partial charge < -0.3 is 5.32 Å². The number of sulfonamides is 1. The van der Waals surface area contributed by atoms with Gasteiger partial charge in [-0.05, 0) is 49.6 Å². The maximum Gasteiger partial charge on any atom is 0.243 e. The van der Waals surface area contributed by atoms with Crippen LogP contribution in [0, 0.1) is 12.7 Å². The van der Waals surface area contributed by atoms with Crippen LogP contribution in [0.3, 0.4) is 0 Å². The van der Waals surface area contributed by atoms with Crippen molar-refractivity contribution in [3.8, 4) is 0 Å². The maximum absolute atomic E-state index is 13.6. The summed E-state index contributed by atoms with van der Waals surface area (Å²) in [5.41, 5.74) is 0.796. The van der Waals surface area contributed by atoms with Gasteiger partial charge in [0, 0.05) is 12.2 Å². The third kappa shape index (κ3) is 3.57. The standard InChI is InChI=1S/C18H19FN2O3S/c1-13-9-10-14(12-16(13)19)20-18(22)17-8-5-11-21(17)25(23,24)15-6-3-2-4-7-15/h2-4,6-7,9-10,12,17H,5,8,11H2,1H3,(H,20,22). The number of amides is 1. The predicted molar refractivity (Wildman–Crippen MR) is 93.1 cm³/mol. The molecule has 1 unspecified atom stereocenters. The Hall–Kier alpha value is -2.25. The first-order valence-corrected chi connectivity index (χ1v) is 9.47. The number of hydrogen-bond donors (Lipinski definition) is 1. The Labute approximate surface area is 146 Å². The predicted octanol–water partition coefficient (Wildman–Crippen LogP) is 2.93. The molecular formula is C18H19FN2O3S. The fourth-order valence-corrected chi connectivity index (χ4v) is 4.59. The lowest BCUT2D eigenvalue weighted by Gasteiger charge is -2.23. The molecule has 7 heteroatoms. The zero-order valence-corrected chi connectivity index (χ0v) is 14.6. The normalized spacial score (nSPS) is 18.2. The molecule has 0 radical (unpaired) electrons. The molecule has 1 amide bonds. The Morgan fingerprint density at radius 3 is 2.60 bits per heavy atom. The molecule has 1 atom stereocenters. The minimum atomic E-state index is -3.74. The fourth-order valence-electron chi connectivity index (χ4n) is 2.91. The van der Waals surface area contributed by atoms with E-state index in [2.05, 4.69) is 5.32 Å². The summed E-state index contributed by atoms with van der Waals surface area (Å²) in [5, 5.41) is 2.62. The van der Waals surface area contributed by atoms with Gasteiger partial charge in [-0.3, -0.25) is 4.79 Å². The monoisotopic (exact) mass is 362 g/mol. The van der Waals surface area contributed by atoms with Crippen LogP contribution in [0.15, 0.2) is 53.4 Å². The van der Waals surface area contributed by atoms with Gasteiger partial charge in [0.05, 0.1) is 4.90 Å². The molecule has 1 N–H and O–H groups in total. The van der Waals surface area contributed by atoms with Crippen LogP contribution < -0.4 is 5.32 Å². The van der Waals surface area contributed by atoms with Gasteiger partial charge in [-0.25, -0.2) is 12.8 Å². The van der Waals surface area contributed by atoms with Crippen LogP contribution in [0.2, 0.25) is 0 Å². The van der Waals surface area contributed by atoms with E-state index >= 15 is 0 Å². The summed E-state index contributed by atoms with van der Waals surface area (Å²) in [6.07, 6.45) is 1.04. The van der Waals surface area contributed by atoms with Crippen molar-refractivity contribution in [1.82, 2.24) is 4.31 Å². The molecular weight excluding hydrogens is 343 g/mol. The van der Waals surface area contributed by atoms with E-state index in [0.717, 1.165) is 0 Å². The number of halogens is 1. The van der Waals surface area contributed by atoms with Crippen LogP contribution in [-0.2, 0) is 14.8 Å². The Morgan fingerprint density at radius 1 is 1.20 bits per heavy atom. The molecule has 0 saturated carbocycles. The lowest BCUT2D eigenvalue weighted by molar-refractivity contribution is -0.119. The lowest BCUT2D eigenvalue weighted by atomic mass is 10.2. The quantitative estimate of drug-likeness (QED) is 0.909. The Morgan fingerprint density at radius 2 is 1.92 bits per heavy atom. The van der Waals surface area contributed by atoms with Crippen LogP contribution in [0.5, 0.6) is 0 Å². The zero-order chi connectivity index (χ0) is 18.0. The molecule has 25 heavy (non-hydrogen) atoms. The molecule has 0 aromatic heterocycles. The van der Waals surface area contributed by atoms with Gasteiger partial charge in [-0.15, -0.1) is 0 Å². The number of aryl methyl sites for hydroxylation is 1. The van der Waals surface area contributed by atoms with E-state index in [-0.39, 0.29) is 11.4 Å². The summed E-state index contributed by atoms with van der Waals surface area (Å²) < 4.78 is 40.4. The molecule has 1 aliphatic rings. The van der Waals surface area contributed by atoms with Crippen molar-refractivity contribution < 1.29 is 17.6 Å². The van der Waals surface area contributed by atoms with Crippen molar-refractivity contribution in [2.45, 2.75) is 30.7 Å². The first-order chi connectivity index (χ1) is 11.9. The van der Waals surface area contributed by atoms with Gasteiger partial charge in [0.2, 0.25) is 15.9 Å². The third-order valence-corrected chi connectivity index (χ3v) is 6.22. The topological polar surface area (TPSA) is 66.5 Å². The van der Waals surface area contributed by atoms with Crippen molar-refractivity contribution in [2.75, 3.05) is 11.9 Å². The summed E-state index contributed by atoms with van der Waals surface area (Å²) in [4.78, 5) is 12.7. The largest absolute Gasteiger partial charge is 0.325 e. The van der Waals surface area contributed by atoms with E-state index in [0.29, 0.717) is 24.1 Å². The van der Waals surface area contributed by atoms with Gasteiger partial charge in [0.1, 0.15) is 11.9 Å². The summed E-state index contributed by atoms with van der Waals surface area (Å²) in [5.74, 6) is -0.863. The number of anilines is 1. The summed E-state index contributed by atoms with van der Waals surface area (Å²) in [6, 6.07) is 11.7. The molecule has 3 rings (SSSR count). The average Bonchev–Trinajstić information content (AvgIpc) is 3.10. The highest BCUT2D eigenvalue weighted by atomic mass is 32.2. The first kappa shape index (κ1) is 17.6. The summed E-state index contributed by atoms with van der Waals surface area (Å²) in [7, 11) is -3.74. The van der Waals surface area contributed by atoms with Crippen molar-refractivity contribution in [2.24, 2.45) is 0 Å². The molecule has 132 valence electrons. The number of nitrogens with one attached hydrogen (secondary N) is 1. The number of rotatable bonds is 4. The molecule has 1 fully saturated rings. The molecule has 1 saturated heterocycles. The van der Waals surface area contributed by atoms with Crippen LogP contribution in [0.4, 0.5) is 10.1 Å². The maximum atomic E-state index is 13.6. The van der Waals surface area contributed by atoms with Gasteiger partial charge >= 0.3 is 0 Å². The molecule has 2 aromatic carbocycles. The fraction of sp³-hybridized carbons (Fsp3) is 0.278. The molecule has 1 heterocycles. The number of nitrogens with zero attached hydrogens (tertiary/aromatic N) is 1. The molecule has 2 aromatic rings. The lowest BCUT2D eigenvalue weighted by Crippen LogP contribution is -2.43. The van der Waals surface area contributed by atoms with Crippen LogP contribution in [-0.4, -0.2) is 31.2 Å². The first-order valence-electron chi connectivity index (χ1n) is 8.03. The van der Waals surface area contributed by atoms with E-state index in [9.17, 15) is 17.6 Å². The van der Waals surface area contributed by atoms with Crippen molar-refractivity contribution in [3.63, 3.8) is 0 Å². The third-order valence-electron chi connectivity index (χ3n) is 4.30. The van der Waals surface area contributed by atoms with Gasteiger partial charge in [0.15, 0.2) is 0 Å². The molecule has 1 aliphatic heterocycles. The SMILES string of the molecule is Cc1ccc(NC(=O)C2CCCN2S(=O)(=O)c2ccccc2)cc1F. The van der Waals surface area contributed by atoms with Crippen molar-refractivity contribution in [1.29, 1.82) is 0 Å². The minimum absolute atomic E-state index is 0.163. The van der Waals surface area contributed by atoms with Crippen molar-refractivity contribution >= 4 is 21.6 Å². The molecule has 0 bridgehead atoms. The number of benzene rings is 2. The second kappa shape index (κ2) is 6.93. The van der Waals surface area contributed by atoms with Crippen LogP contribution in [0.1, 0.15) is 18.4 Å². The second-order valence-electron chi connectivity index (χ2n) is 6.04. The smallest absolute Gasteiger partial charge is 0.243 e. The number of carbonyl (C=O) groups excluding carboxylic acids is 1. The van der Waals surface area contributed by atoms with Gasteiger partial charge in [0.25, 0.3) is 0 Å². The number of carbonyl (C=O) groups is 1. The van der Waals surface area contributed by atoms with E-state index in [4.69, 9.17) is 0 Å². The van der Waals surface area contributed by atoms with Gasteiger partial charge in [-0.2, -0.15) is 4.31 Å². The molecule has 0 aliphatic carbocycles. The van der Waals surface area contributed by atoms with E-state index in [1.165, 1.54) is 22.5 Å². The Kier molecular flexibility index (Phi) is 4.87. The van der Waals surface area contributed by atoms with Crippen LogP contribution >= 0.6 is 0 Å². The second-order valence-corrected chi connectivity index (χ2v) is 7.93. The summed E-state index contributed by atoms with van der Waals surface area (Å²) in [6.45, 7) is 1.92.